The summed E-state index contributed by atoms with van der Waals surface area (Å²) >= 11 is 0. The van der Waals surface area contributed by atoms with Crippen LogP contribution in [-0.2, 0) is 9.53 Å². The van der Waals surface area contributed by atoms with Gasteiger partial charge in [0.15, 0.2) is 0 Å². The predicted octanol–water partition coefficient (Wildman–Crippen LogP) is 2.10. The van der Waals surface area contributed by atoms with Crippen LogP contribution in [0.2, 0.25) is 0 Å². The van der Waals surface area contributed by atoms with Gasteiger partial charge in [-0.2, -0.15) is 4.98 Å². The van der Waals surface area contributed by atoms with E-state index in [1.54, 1.807) is 0 Å². The largest absolute Gasteiger partial charge is 0.381 e. The minimum Gasteiger partial charge on any atom is -0.381 e. The molecular formula is C14H15N3O3. The number of nitrogens with one attached hydrogen (secondary N) is 1. The average molecular weight is 273 g/mol. The summed E-state index contributed by atoms with van der Waals surface area (Å²) in [6.45, 7) is 1.24. The summed E-state index contributed by atoms with van der Waals surface area (Å²) in [6.07, 6.45) is 3.08. The molecule has 0 radical (unpaired) electrons. The zero-order valence-electron chi connectivity index (χ0n) is 10.9. The number of hydrogen-bond donors (Lipinski definition) is 1. The van der Waals surface area contributed by atoms with Crippen LogP contribution in [-0.4, -0.2) is 29.3 Å². The molecule has 1 unspecified atom stereocenters. The van der Waals surface area contributed by atoms with E-state index in [2.05, 4.69) is 15.5 Å². The Morgan fingerprint density at radius 2 is 2.35 bits per heavy atom. The Kier molecular flexibility index (Phi) is 3.73. The lowest BCUT2D eigenvalue weighted by Gasteiger charge is -2.21. The van der Waals surface area contributed by atoms with E-state index in [9.17, 15) is 4.79 Å². The molecule has 20 heavy (non-hydrogen) atoms. The maximum absolute atomic E-state index is 12.1. The molecule has 1 aliphatic heterocycles. The number of hydrogen-bond acceptors (Lipinski definition) is 5. The fourth-order valence-electron chi connectivity index (χ4n) is 2.23. The van der Waals surface area contributed by atoms with Crippen LogP contribution in [0.5, 0.6) is 0 Å². The molecule has 2 heterocycles. The first-order valence-corrected chi connectivity index (χ1v) is 6.58. The van der Waals surface area contributed by atoms with Gasteiger partial charge in [-0.3, -0.25) is 4.79 Å². The number of aromatic nitrogens is 2. The smallest absolute Gasteiger partial charge is 0.229 e. The Labute approximate surface area is 116 Å². The standard InChI is InChI=1S/C14H15N3O3/c18-14(11-4-2-6-19-8-11)16-12-5-1-3-10(7-12)13-15-9-20-17-13/h1,3,5,7,9,11H,2,4,6,8H2,(H,16,18). The van der Waals surface area contributed by atoms with Gasteiger partial charge in [0.05, 0.1) is 12.5 Å². The molecule has 1 aliphatic rings. The molecule has 2 aromatic rings. The van der Waals surface area contributed by atoms with Gasteiger partial charge in [0.2, 0.25) is 18.1 Å². The van der Waals surface area contributed by atoms with Gasteiger partial charge in [-0.1, -0.05) is 17.3 Å². The molecule has 3 rings (SSSR count). The lowest BCUT2D eigenvalue weighted by atomic mass is 10.0. The second-order valence-corrected chi connectivity index (χ2v) is 4.74. The number of carbonyl (C=O) groups is 1. The van der Waals surface area contributed by atoms with Crippen LogP contribution in [0.4, 0.5) is 5.69 Å². The molecule has 6 nitrogen and oxygen atoms in total. The Balaban J connectivity index is 1.71. The molecule has 1 fully saturated rings. The molecule has 0 bridgehead atoms. The highest BCUT2D eigenvalue weighted by atomic mass is 16.5. The summed E-state index contributed by atoms with van der Waals surface area (Å²) in [5.41, 5.74) is 1.53. The van der Waals surface area contributed by atoms with E-state index in [1.807, 2.05) is 24.3 Å². The SMILES string of the molecule is O=C(Nc1cccc(-c2ncon2)c1)C1CCCOC1. The van der Waals surface area contributed by atoms with Crippen molar-refractivity contribution in [3.63, 3.8) is 0 Å². The fraction of sp³-hybridized carbons (Fsp3) is 0.357. The van der Waals surface area contributed by atoms with Crippen LogP contribution in [0.1, 0.15) is 12.8 Å². The third kappa shape index (κ3) is 2.85. The Morgan fingerprint density at radius 3 is 3.10 bits per heavy atom. The molecule has 1 atom stereocenters. The molecular weight excluding hydrogens is 258 g/mol. The van der Waals surface area contributed by atoms with Gasteiger partial charge in [0.1, 0.15) is 0 Å². The molecule has 1 amide bonds. The van der Waals surface area contributed by atoms with Crippen molar-refractivity contribution in [2.45, 2.75) is 12.8 Å². The van der Waals surface area contributed by atoms with Crippen LogP contribution in [0, 0.1) is 5.92 Å². The van der Waals surface area contributed by atoms with E-state index < -0.39 is 0 Å². The van der Waals surface area contributed by atoms with Crippen molar-refractivity contribution >= 4 is 11.6 Å². The topological polar surface area (TPSA) is 77.3 Å². The highest BCUT2D eigenvalue weighted by Gasteiger charge is 2.21. The third-order valence-electron chi connectivity index (χ3n) is 3.28. The van der Waals surface area contributed by atoms with E-state index in [0.717, 1.165) is 30.7 Å². The van der Waals surface area contributed by atoms with Gasteiger partial charge in [-0.25, -0.2) is 0 Å². The molecule has 1 N–H and O–H groups in total. The van der Waals surface area contributed by atoms with E-state index in [-0.39, 0.29) is 11.8 Å². The Morgan fingerprint density at radius 1 is 1.40 bits per heavy atom. The van der Waals surface area contributed by atoms with E-state index in [4.69, 9.17) is 9.26 Å². The van der Waals surface area contributed by atoms with E-state index in [1.165, 1.54) is 6.39 Å². The predicted molar refractivity (Wildman–Crippen MR) is 71.9 cm³/mol. The van der Waals surface area contributed by atoms with Crippen molar-refractivity contribution < 1.29 is 14.1 Å². The second kappa shape index (κ2) is 5.83. The second-order valence-electron chi connectivity index (χ2n) is 4.74. The van der Waals surface area contributed by atoms with Crippen molar-refractivity contribution in [3.8, 4) is 11.4 Å². The monoisotopic (exact) mass is 273 g/mol. The van der Waals surface area contributed by atoms with Gasteiger partial charge in [-0.05, 0) is 25.0 Å². The lowest BCUT2D eigenvalue weighted by Crippen LogP contribution is -2.30. The summed E-state index contributed by atoms with van der Waals surface area (Å²) in [7, 11) is 0. The summed E-state index contributed by atoms with van der Waals surface area (Å²) in [4.78, 5) is 16.1. The number of benzene rings is 1. The molecule has 6 heteroatoms. The van der Waals surface area contributed by atoms with Crippen LogP contribution < -0.4 is 5.32 Å². The van der Waals surface area contributed by atoms with Crippen LogP contribution in [0.25, 0.3) is 11.4 Å². The summed E-state index contributed by atoms with van der Waals surface area (Å²) in [5.74, 6) is 0.426. The number of anilines is 1. The maximum atomic E-state index is 12.1. The first-order valence-electron chi connectivity index (χ1n) is 6.58. The van der Waals surface area contributed by atoms with Gasteiger partial charge < -0.3 is 14.6 Å². The number of carbonyl (C=O) groups excluding carboxylic acids is 1. The average Bonchev–Trinajstić information content (AvgIpc) is 3.03. The van der Waals surface area contributed by atoms with Crippen LogP contribution in [0.15, 0.2) is 35.2 Å². The third-order valence-corrected chi connectivity index (χ3v) is 3.28. The molecule has 1 aromatic heterocycles. The van der Waals surface area contributed by atoms with E-state index >= 15 is 0 Å². The summed E-state index contributed by atoms with van der Waals surface area (Å²) in [5, 5.41) is 6.69. The maximum Gasteiger partial charge on any atom is 0.229 e. The van der Waals surface area contributed by atoms with Gasteiger partial charge in [0.25, 0.3) is 0 Å². The first kappa shape index (κ1) is 12.8. The normalized spacial score (nSPS) is 18.7. The number of nitrogens with zero attached hydrogens (tertiary/aromatic N) is 2. The molecule has 0 spiro atoms. The van der Waals surface area contributed by atoms with Crippen molar-refractivity contribution in [1.29, 1.82) is 0 Å². The molecule has 1 aromatic carbocycles. The van der Waals surface area contributed by atoms with Crippen LogP contribution >= 0.6 is 0 Å². The van der Waals surface area contributed by atoms with Crippen molar-refractivity contribution in [2.24, 2.45) is 5.92 Å². The zero-order valence-corrected chi connectivity index (χ0v) is 10.9. The van der Waals surface area contributed by atoms with Crippen molar-refractivity contribution in [1.82, 2.24) is 10.1 Å². The molecule has 1 saturated heterocycles. The lowest BCUT2D eigenvalue weighted by molar-refractivity contribution is -0.123. The fourth-order valence-corrected chi connectivity index (χ4v) is 2.23. The Hall–Kier alpha value is -2.21. The highest BCUT2D eigenvalue weighted by Crippen LogP contribution is 2.21. The van der Waals surface area contributed by atoms with E-state index in [0.29, 0.717) is 12.4 Å². The minimum atomic E-state index is -0.0717. The minimum absolute atomic E-state index is 0.00466. The van der Waals surface area contributed by atoms with Crippen LogP contribution in [0.3, 0.4) is 0 Å². The van der Waals surface area contributed by atoms with Gasteiger partial charge in [0, 0.05) is 17.9 Å². The number of rotatable bonds is 3. The van der Waals surface area contributed by atoms with Crippen molar-refractivity contribution in [2.75, 3.05) is 18.5 Å². The van der Waals surface area contributed by atoms with Crippen molar-refractivity contribution in [3.05, 3.63) is 30.7 Å². The number of ether oxygens (including phenoxy) is 1. The quantitative estimate of drug-likeness (QED) is 0.926. The van der Waals surface area contributed by atoms with Gasteiger partial charge in [-0.15, -0.1) is 0 Å². The summed E-state index contributed by atoms with van der Waals surface area (Å²) < 4.78 is 10.1. The van der Waals surface area contributed by atoms with Gasteiger partial charge >= 0.3 is 0 Å². The molecule has 0 saturated carbocycles. The Bertz CT molecular complexity index is 577. The number of amides is 1. The highest BCUT2D eigenvalue weighted by molar-refractivity contribution is 5.93. The molecule has 104 valence electrons. The summed E-state index contributed by atoms with van der Waals surface area (Å²) in [6, 6.07) is 7.38. The molecule has 0 aliphatic carbocycles. The first-order chi connectivity index (χ1) is 9.83. The zero-order chi connectivity index (χ0) is 13.8.